The third kappa shape index (κ3) is 3.44. The van der Waals surface area contributed by atoms with E-state index in [9.17, 15) is 0 Å². The van der Waals surface area contributed by atoms with Crippen LogP contribution in [0.2, 0.25) is 0 Å². The standard InChI is InChI=1S/C28H22O4/c1-3-9-25-21(7-1)23-17-19(11-13-27(23)31-25)29-15-5-6-16-30-20-12-14-28-24(18-20)22-8-2-4-10-26(22)32-28/h1-4,7-14,17-18H,5-6,15-16H2. The first-order valence-corrected chi connectivity index (χ1v) is 10.9. The SMILES string of the molecule is c1ccc2c(c1)oc1ccc(OCCCCOc3ccc4oc5ccccc5c4c3)cc12. The third-order valence-corrected chi connectivity index (χ3v) is 5.77. The van der Waals surface area contributed by atoms with Crippen molar-refractivity contribution in [3.63, 3.8) is 0 Å². The molecular weight excluding hydrogens is 400 g/mol. The fraction of sp³-hybridized carbons (Fsp3) is 0.143. The molecule has 0 N–H and O–H groups in total. The molecule has 2 heterocycles. The Hall–Kier alpha value is -3.92. The van der Waals surface area contributed by atoms with Crippen LogP contribution in [0.4, 0.5) is 0 Å². The van der Waals surface area contributed by atoms with Gasteiger partial charge in [0.25, 0.3) is 0 Å². The van der Waals surface area contributed by atoms with E-state index in [1.807, 2.05) is 60.7 Å². The van der Waals surface area contributed by atoms with Crippen molar-refractivity contribution in [2.24, 2.45) is 0 Å². The first-order valence-electron chi connectivity index (χ1n) is 10.9. The molecule has 0 saturated carbocycles. The van der Waals surface area contributed by atoms with Gasteiger partial charge in [-0.1, -0.05) is 36.4 Å². The number of benzene rings is 4. The first kappa shape index (κ1) is 18.8. The number of unbranched alkanes of at least 4 members (excludes halogenated alkanes) is 1. The van der Waals surface area contributed by atoms with E-state index in [1.165, 1.54) is 0 Å². The minimum absolute atomic E-state index is 0.649. The Kier molecular flexibility index (Phi) is 4.69. The summed E-state index contributed by atoms with van der Waals surface area (Å²) >= 11 is 0. The predicted molar refractivity (Wildman–Crippen MR) is 128 cm³/mol. The molecule has 0 aliphatic rings. The quantitative estimate of drug-likeness (QED) is 0.247. The molecule has 2 aromatic heterocycles. The molecule has 0 saturated heterocycles. The molecule has 4 nitrogen and oxygen atoms in total. The normalized spacial score (nSPS) is 11.6. The second kappa shape index (κ2) is 7.97. The monoisotopic (exact) mass is 422 g/mol. The molecule has 158 valence electrons. The van der Waals surface area contributed by atoms with Crippen molar-refractivity contribution in [3.05, 3.63) is 84.9 Å². The summed E-state index contributed by atoms with van der Waals surface area (Å²) in [4.78, 5) is 0. The highest BCUT2D eigenvalue weighted by Gasteiger charge is 2.08. The zero-order valence-electron chi connectivity index (χ0n) is 17.5. The Balaban J connectivity index is 1.04. The van der Waals surface area contributed by atoms with E-state index < -0.39 is 0 Å². The number of para-hydroxylation sites is 2. The van der Waals surface area contributed by atoms with E-state index in [1.54, 1.807) is 0 Å². The molecular formula is C28H22O4. The van der Waals surface area contributed by atoms with Gasteiger partial charge in [0.1, 0.15) is 33.8 Å². The number of ether oxygens (including phenoxy) is 2. The van der Waals surface area contributed by atoms with Gasteiger partial charge >= 0.3 is 0 Å². The van der Waals surface area contributed by atoms with E-state index >= 15 is 0 Å². The number of hydrogen-bond donors (Lipinski definition) is 0. The molecule has 6 rings (SSSR count). The molecule has 6 aromatic rings. The van der Waals surface area contributed by atoms with Crippen LogP contribution in [0.25, 0.3) is 43.9 Å². The maximum Gasteiger partial charge on any atom is 0.135 e. The summed E-state index contributed by atoms with van der Waals surface area (Å²) in [7, 11) is 0. The van der Waals surface area contributed by atoms with Gasteiger partial charge in [0, 0.05) is 21.5 Å². The van der Waals surface area contributed by atoms with E-state index in [4.69, 9.17) is 18.3 Å². The highest BCUT2D eigenvalue weighted by molar-refractivity contribution is 6.06. The van der Waals surface area contributed by atoms with Crippen molar-refractivity contribution >= 4 is 43.9 Å². The van der Waals surface area contributed by atoms with Crippen LogP contribution in [-0.4, -0.2) is 13.2 Å². The van der Waals surface area contributed by atoms with Crippen LogP contribution in [0.5, 0.6) is 11.5 Å². The van der Waals surface area contributed by atoms with Gasteiger partial charge in [-0.15, -0.1) is 0 Å². The van der Waals surface area contributed by atoms with E-state index in [0.717, 1.165) is 68.2 Å². The fourth-order valence-electron chi connectivity index (χ4n) is 4.17. The smallest absolute Gasteiger partial charge is 0.135 e. The second-order valence-corrected chi connectivity index (χ2v) is 7.92. The number of furan rings is 2. The van der Waals surface area contributed by atoms with Gasteiger partial charge < -0.3 is 18.3 Å². The van der Waals surface area contributed by atoms with Crippen molar-refractivity contribution in [1.82, 2.24) is 0 Å². The molecule has 0 fully saturated rings. The Morgan fingerprint density at radius 3 is 1.41 bits per heavy atom. The Bertz CT molecular complexity index is 1420. The van der Waals surface area contributed by atoms with Gasteiger partial charge in [0.2, 0.25) is 0 Å². The molecule has 0 atom stereocenters. The zero-order chi connectivity index (χ0) is 21.3. The summed E-state index contributed by atoms with van der Waals surface area (Å²) in [5, 5.41) is 4.40. The summed E-state index contributed by atoms with van der Waals surface area (Å²) in [6.45, 7) is 1.30. The van der Waals surface area contributed by atoms with Crippen LogP contribution in [0.3, 0.4) is 0 Å². The Morgan fingerprint density at radius 1 is 0.469 bits per heavy atom. The van der Waals surface area contributed by atoms with Gasteiger partial charge in [-0.25, -0.2) is 0 Å². The zero-order valence-corrected chi connectivity index (χ0v) is 17.5. The van der Waals surface area contributed by atoms with E-state index in [0.29, 0.717) is 13.2 Å². The highest BCUT2D eigenvalue weighted by Crippen LogP contribution is 2.32. The number of rotatable bonds is 7. The molecule has 0 bridgehead atoms. The van der Waals surface area contributed by atoms with Crippen molar-refractivity contribution in [2.75, 3.05) is 13.2 Å². The van der Waals surface area contributed by atoms with Gasteiger partial charge in [-0.05, 0) is 61.4 Å². The van der Waals surface area contributed by atoms with Gasteiger partial charge in [-0.3, -0.25) is 0 Å². The summed E-state index contributed by atoms with van der Waals surface area (Å²) in [5.41, 5.74) is 3.57. The highest BCUT2D eigenvalue weighted by atomic mass is 16.5. The Morgan fingerprint density at radius 2 is 0.906 bits per heavy atom. The minimum Gasteiger partial charge on any atom is -0.494 e. The molecule has 4 heteroatoms. The van der Waals surface area contributed by atoms with Gasteiger partial charge in [0.05, 0.1) is 13.2 Å². The van der Waals surface area contributed by atoms with Crippen molar-refractivity contribution in [2.45, 2.75) is 12.8 Å². The average molecular weight is 422 g/mol. The summed E-state index contributed by atoms with van der Waals surface area (Å²) in [5.74, 6) is 1.73. The minimum atomic E-state index is 0.649. The third-order valence-electron chi connectivity index (χ3n) is 5.77. The lowest BCUT2D eigenvalue weighted by Crippen LogP contribution is -2.02. The van der Waals surface area contributed by atoms with Crippen LogP contribution in [0.15, 0.2) is 93.8 Å². The fourth-order valence-corrected chi connectivity index (χ4v) is 4.17. The van der Waals surface area contributed by atoms with E-state index in [-0.39, 0.29) is 0 Å². The predicted octanol–water partition coefficient (Wildman–Crippen LogP) is 7.72. The van der Waals surface area contributed by atoms with Crippen LogP contribution in [0, 0.1) is 0 Å². The lowest BCUT2D eigenvalue weighted by atomic mass is 10.1. The van der Waals surface area contributed by atoms with E-state index in [2.05, 4.69) is 24.3 Å². The largest absolute Gasteiger partial charge is 0.494 e. The molecule has 4 aromatic carbocycles. The second-order valence-electron chi connectivity index (χ2n) is 7.92. The van der Waals surface area contributed by atoms with Gasteiger partial charge in [0.15, 0.2) is 0 Å². The Labute approximate surface area is 184 Å². The number of fused-ring (bicyclic) bond motifs is 6. The molecule has 0 unspecified atom stereocenters. The molecule has 0 radical (unpaired) electrons. The lowest BCUT2D eigenvalue weighted by molar-refractivity contribution is 0.267. The molecule has 32 heavy (non-hydrogen) atoms. The summed E-state index contributed by atoms with van der Waals surface area (Å²) in [6.07, 6.45) is 1.84. The van der Waals surface area contributed by atoms with Crippen LogP contribution in [0.1, 0.15) is 12.8 Å². The van der Waals surface area contributed by atoms with Crippen molar-refractivity contribution in [1.29, 1.82) is 0 Å². The molecule has 0 amide bonds. The molecule has 0 aliphatic carbocycles. The van der Waals surface area contributed by atoms with Crippen molar-refractivity contribution < 1.29 is 18.3 Å². The average Bonchev–Trinajstić information content (AvgIpc) is 3.39. The molecule has 0 aliphatic heterocycles. The maximum atomic E-state index is 5.97. The lowest BCUT2D eigenvalue weighted by Gasteiger charge is -2.08. The van der Waals surface area contributed by atoms with Crippen LogP contribution >= 0.6 is 0 Å². The topological polar surface area (TPSA) is 44.7 Å². The van der Waals surface area contributed by atoms with Gasteiger partial charge in [-0.2, -0.15) is 0 Å². The summed E-state index contributed by atoms with van der Waals surface area (Å²) in [6, 6.07) is 28.1. The van der Waals surface area contributed by atoms with Crippen LogP contribution in [-0.2, 0) is 0 Å². The molecule has 0 spiro atoms. The van der Waals surface area contributed by atoms with Crippen LogP contribution < -0.4 is 9.47 Å². The van der Waals surface area contributed by atoms with Crippen molar-refractivity contribution in [3.8, 4) is 11.5 Å². The first-order chi connectivity index (χ1) is 15.8. The summed E-state index contributed by atoms with van der Waals surface area (Å²) < 4.78 is 23.7. The maximum absolute atomic E-state index is 5.97. The number of hydrogen-bond acceptors (Lipinski definition) is 4.